The number of hydrogen-bond donors (Lipinski definition) is 1. The van der Waals surface area contributed by atoms with Crippen molar-refractivity contribution >= 4 is 50.1 Å². The summed E-state index contributed by atoms with van der Waals surface area (Å²) < 4.78 is 6.33. The molecule has 3 heterocycles. The normalized spacial score (nSPS) is 19.8. The Bertz CT molecular complexity index is 1670. The van der Waals surface area contributed by atoms with E-state index in [-0.39, 0.29) is 24.2 Å². The maximum absolute atomic E-state index is 13.9. The highest BCUT2D eigenvalue weighted by Crippen LogP contribution is 2.45. The molecule has 0 saturated heterocycles. The van der Waals surface area contributed by atoms with Gasteiger partial charge in [-0.25, -0.2) is 0 Å². The molecule has 0 bridgehead atoms. The Morgan fingerprint density at radius 2 is 1.77 bits per heavy atom. The molecule has 2 aromatic carbocycles. The van der Waals surface area contributed by atoms with Gasteiger partial charge in [0.1, 0.15) is 12.7 Å². The van der Waals surface area contributed by atoms with Crippen LogP contribution in [-0.4, -0.2) is 51.3 Å². The first kappa shape index (κ1) is 28.0. The van der Waals surface area contributed by atoms with Crippen molar-refractivity contribution < 1.29 is 33.8 Å². The predicted octanol–water partition coefficient (Wildman–Crippen LogP) is 4.10. The summed E-state index contributed by atoms with van der Waals surface area (Å²) in [5.74, 6) is -5.73. The molecule has 6 rings (SSSR count). The van der Waals surface area contributed by atoms with E-state index in [1.165, 1.54) is 23.5 Å². The molecule has 1 aliphatic heterocycles. The number of benzene rings is 2. The number of carbonyl (C=O) groups is 4. The summed E-state index contributed by atoms with van der Waals surface area (Å²) >= 11 is 1.27. The highest BCUT2D eigenvalue weighted by molar-refractivity contribution is 7.22. The maximum atomic E-state index is 13.9. The molecule has 2 aliphatic rings. The van der Waals surface area contributed by atoms with E-state index < -0.39 is 59.2 Å². The van der Waals surface area contributed by atoms with Crippen molar-refractivity contribution in [1.82, 2.24) is 9.88 Å². The number of rotatable bonds is 10. The fraction of sp³-hybridized carbons (Fsp3) is 0.233. The Hall–Kier alpha value is -5.17. The zero-order valence-corrected chi connectivity index (χ0v) is 23.3. The minimum Gasteiger partial charge on any atom is -0.461 e. The third-order valence-electron chi connectivity index (χ3n) is 7.76. The summed E-state index contributed by atoms with van der Waals surface area (Å²) in [5, 5.41) is 14.5. The Morgan fingerprint density at radius 3 is 2.44 bits per heavy atom. The van der Waals surface area contributed by atoms with E-state index in [2.05, 4.69) is 10.3 Å². The SMILES string of the molecule is O=C(Nc1cc2ccncc2s1)C(CN1C(=O)c2ccccc2C1=O)C1C(O[N+](=O)[O-])CC1C(=O)OCc1ccccc1. The molecule has 3 amide bonds. The van der Waals surface area contributed by atoms with Crippen molar-refractivity contribution in [1.29, 1.82) is 0 Å². The molecule has 2 aromatic heterocycles. The molecule has 13 heteroatoms. The zero-order chi connectivity index (χ0) is 30.1. The number of aromatic nitrogens is 1. The summed E-state index contributed by atoms with van der Waals surface area (Å²) in [7, 11) is 0. The van der Waals surface area contributed by atoms with Gasteiger partial charge in [-0.1, -0.05) is 42.5 Å². The summed E-state index contributed by atoms with van der Waals surface area (Å²) in [6.07, 6.45) is 2.06. The van der Waals surface area contributed by atoms with Crippen LogP contribution in [0.15, 0.2) is 79.1 Å². The molecule has 0 spiro atoms. The molecule has 4 aromatic rings. The quantitative estimate of drug-likeness (QED) is 0.122. The van der Waals surface area contributed by atoms with Crippen LogP contribution in [0.1, 0.15) is 32.7 Å². The van der Waals surface area contributed by atoms with Crippen LogP contribution in [0.4, 0.5) is 5.00 Å². The number of thiophene rings is 1. The van der Waals surface area contributed by atoms with Crippen LogP contribution in [0.5, 0.6) is 0 Å². The first-order valence-corrected chi connectivity index (χ1v) is 14.2. The molecule has 43 heavy (non-hydrogen) atoms. The number of fused-ring (bicyclic) bond motifs is 2. The fourth-order valence-electron chi connectivity index (χ4n) is 5.62. The van der Waals surface area contributed by atoms with E-state index in [0.29, 0.717) is 5.00 Å². The van der Waals surface area contributed by atoms with Crippen LogP contribution in [-0.2, 0) is 25.8 Å². The van der Waals surface area contributed by atoms with E-state index in [1.54, 1.807) is 60.9 Å². The number of nitrogens with one attached hydrogen (secondary N) is 1. The van der Waals surface area contributed by atoms with Gasteiger partial charge in [0.15, 0.2) is 0 Å². The summed E-state index contributed by atoms with van der Waals surface area (Å²) in [4.78, 5) is 74.9. The summed E-state index contributed by atoms with van der Waals surface area (Å²) in [6.45, 7) is -0.454. The number of amides is 3. The molecular formula is C30H24N4O8S. The average Bonchev–Trinajstić information content (AvgIpc) is 3.51. The van der Waals surface area contributed by atoms with Gasteiger partial charge in [-0.05, 0) is 41.6 Å². The number of imide groups is 1. The second kappa shape index (κ2) is 11.6. The average molecular weight is 601 g/mol. The van der Waals surface area contributed by atoms with Crippen LogP contribution in [0.2, 0.25) is 0 Å². The minimum atomic E-state index is -1.24. The third kappa shape index (κ3) is 5.54. The number of carbonyl (C=O) groups excluding carboxylic acids is 4. The maximum Gasteiger partial charge on any atom is 0.309 e. The van der Waals surface area contributed by atoms with Crippen LogP contribution >= 0.6 is 11.3 Å². The van der Waals surface area contributed by atoms with Gasteiger partial charge in [-0.3, -0.25) is 29.1 Å². The molecule has 4 atom stereocenters. The van der Waals surface area contributed by atoms with E-state index in [9.17, 15) is 29.3 Å². The van der Waals surface area contributed by atoms with Gasteiger partial charge < -0.3 is 14.9 Å². The minimum absolute atomic E-state index is 0.0330. The fourth-order valence-corrected chi connectivity index (χ4v) is 6.55. The topological polar surface area (TPSA) is 158 Å². The number of pyridine rings is 1. The second-order valence-electron chi connectivity index (χ2n) is 10.3. The van der Waals surface area contributed by atoms with Gasteiger partial charge in [0.2, 0.25) is 5.91 Å². The van der Waals surface area contributed by atoms with Crippen molar-refractivity contribution in [2.45, 2.75) is 19.1 Å². The number of anilines is 1. The predicted molar refractivity (Wildman–Crippen MR) is 153 cm³/mol. The lowest BCUT2D eigenvalue weighted by atomic mass is 9.64. The van der Waals surface area contributed by atoms with Crippen LogP contribution < -0.4 is 5.32 Å². The lowest BCUT2D eigenvalue weighted by molar-refractivity contribution is -0.775. The molecule has 4 unspecified atom stereocenters. The van der Waals surface area contributed by atoms with E-state index in [1.807, 2.05) is 6.07 Å². The van der Waals surface area contributed by atoms with Crippen molar-refractivity contribution in [3.05, 3.63) is 106 Å². The van der Waals surface area contributed by atoms with Gasteiger partial charge in [-0.15, -0.1) is 21.5 Å². The molecule has 1 N–H and O–H groups in total. The van der Waals surface area contributed by atoms with Crippen LogP contribution in [0.3, 0.4) is 0 Å². The molecule has 1 fully saturated rings. The third-order valence-corrected chi connectivity index (χ3v) is 8.76. The van der Waals surface area contributed by atoms with Crippen LogP contribution in [0.25, 0.3) is 10.1 Å². The monoisotopic (exact) mass is 600 g/mol. The molecule has 0 radical (unpaired) electrons. The van der Waals surface area contributed by atoms with Gasteiger partial charge >= 0.3 is 5.97 Å². The van der Waals surface area contributed by atoms with E-state index >= 15 is 0 Å². The van der Waals surface area contributed by atoms with E-state index in [0.717, 1.165) is 20.5 Å². The molecule has 12 nitrogen and oxygen atoms in total. The molecule has 1 saturated carbocycles. The smallest absolute Gasteiger partial charge is 0.309 e. The number of nitrogens with zero attached hydrogens (tertiary/aromatic N) is 3. The van der Waals surface area contributed by atoms with Crippen molar-refractivity contribution in [3.8, 4) is 0 Å². The van der Waals surface area contributed by atoms with Crippen molar-refractivity contribution in [2.75, 3.05) is 11.9 Å². The van der Waals surface area contributed by atoms with Gasteiger partial charge in [0.05, 0.1) is 32.7 Å². The lowest BCUT2D eigenvalue weighted by Crippen LogP contribution is -2.57. The van der Waals surface area contributed by atoms with Crippen molar-refractivity contribution in [2.24, 2.45) is 17.8 Å². The first-order chi connectivity index (χ1) is 20.8. The Kier molecular flexibility index (Phi) is 7.55. The Labute approximate surface area is 248 Å². The second-order valence-corrected chi connectivity index (χ2v) is 11.4. The Balaban J connectivity index is 1.30. The standard InChI is InChI=1S/C30H24N4O8S/c35-27(32-25-12-18-10-11-31-14-24(18)43-25)22(15-33-28(36)19-8-4-5-9-20(19)29(33)37)26-21(13-23(26)42-34(39)40)30(38)41-16-17-6-2-1-3-7-17/h1-12,14,21-23,26H,13,15-16H2,(H,32,35). The molecule has 218 valence electrons. The van der Waals surface area contributed by atoms with Gasteiger partial charge in [0, 0.05) is 24.9 Å². The summed E-state index contributed by atoms with van der Waals surface area (Å²) in [6, 6.07) is 18.8. The number of ether oxygens (including phenoxy) is 1. The number of esters is 1. The molecule has 1 aliphatic carbocycles. The highest BCUT2D eigenvalue weighted by Gasteiger charge is 2.55. The summed E-state index contributed by atoms with van der Waals surface area (Å²) in [5.41, 5.74) is 1.12. The Morgan fingerprint density at radius 1 is 1.07 bits per heavy atom. The van der Waals surface area contributed by atoms with Gasteiger partial charge in [0.25, 0.3) is 16.9 Å². The lowest BCUT2D eigenvalue weighted by Gasteiger charge is -2.45. The number of hydrogen-bond acceptors (Lipinski definition) is 10. The first-order valence-electron chi connectivity index (χ1n) is 13.4. The molecular weight excluding hydrogens is 576 g/mol. The van der Waals surface area contributed by atoms with E-state index in [4.69, 9.17) is 9.57 Å². The zero-order valence-electron chi connectivity index (χ0n) is 22.5. The van der Waals surface area contributed by atoms with Crippen molar-refractivity contribution in [3.63, 3.8) is 0 Å². The largest absolute Gasteiger partial charge is 0.461 e. The van der Waals surface area contributed by atoms with Crippen LogP contribution in [0, 0.1) is 27.9 Å². The van der Waals surface area contributed by atoms with Gasteiger partial charge in [-0.2, -0.15) is 0 Å². The highest BCUT2D eigenvalue weighted by atomic mass is 32.1.